The first-order chi connectivity index (χ1) is 7.57. The normalized spacial score (nSPS) is 38.4. The fourth-order valence-electron chi connectivity index (χ4n) is 3.04. The summed E-state index contributed by atoms with van der Waals surface area (Å²) in [6.07, 6.45) is -1.35. The number of alkyl halides is 3. The van der Waals surface area contributed by atoms with Gasteiger partial charge in [-0.05, 0) is 19.3 Å². The molecule has 0 N–H and O–H groups in total. The molecule has 1 nitrogen and oxygen atoms in total. The van der Waals surface area contributed by atoms with Crippen LogP contribution in [-0.4, -0.2) is 36.1 Å². The molecule has 0 bridgehead atoms. The lowest BCUT2D eigenvalue weighted by Crippen LogP contribution is -2.37. The molecular formula is C12H22F3N. The molecule has 2 aliphatic heterocycles. The highest BCUT2D eigenvalue weighted by Crippen LogP contribution is 2.46. The summed E-state index contributed by atoms with van der Waals surface area (Å²) in [7, 11) is 0. The molecule has 1 unspecified atom stereocenters. The summed E-state index contributed by atoms with van der Waals surface area (Å²) in [5, 5.41) is 0. The largest absolute Gasteiger partial charge is 0.294 e. The van der Waals surface area contributed by atoms with Crippen LogP contribution in [-0.2, 0) is 0 Å². The average Bonchev–Trinajstić information content (AvgIpc) is 2.74. The van der Waals surface area contributed by atoms with Gasteiger partial charge in [-0.1, -0.05) is 20.8 Å². The zero-order chi connectivity index (χ0) is 12.3. The van der Waals surface area contributed by atoms with E-state index in [1.807, 2.05) is 25.7 Å². The fourth-order valence-corrected chi connectivity index (χ4v) is 3.04. The van der Waals surface area contributed by atoms with Gasteiger partial charge in [0, 0.05) is 24.5 Å². The van der Waals surface area contributed by atoms with Crippen LogP contribution >= 0.6 is 0 Å². The van der Waals surface area contributed by atoms with Crippen molar-refractivity contribution in [1.82, 2.24) is 4.90 Å². The predicted molar refractivity (Wildman–Crippen MR) is 59.6 cm³/mol. The molecule has 3 atom stereocenters. The third-order valence-corrected chi connectivity index (χ3v) is 3.80. The average molecular weight is 237 g/mol. The van der Waals surface area contributed by atoms with Crippen LogP contribution in [0.4, 0.5) is 13.2 Å². The highest BCUT2D eigenvalue weighted by molar-refractivity contribution is 5.05. The summed E-state index contributed by atoms with van der Waals surface area (Å²) in [5.74, 6) is -0.539. The van der Waals surface area contributed by atoms with Gasteiger partial charge in [-0.3, -0.25) is 4.90 Å². The van der Waals surface area contributed by atoms with Crippen molar-refractivity contribution in [2.45, 2.75) is 58.2 Å². The molecule has 16 heavy (non-hydrogen) atoms. The predicted octanol–water partition coefficient (Wildman–Crippen LogP) is 3.49. The molecule has 96 valence electrons. The fraction of sp³-hybridized carbons (Fsp3) is 1.00. The maximum absolute atomic E-state index is 13.2. The van der Waals surface area contributed by atoms with Gasteiger partial charge in [-0.25, -0.2) is 13.2 Å². The van der Waals surface area contributed by atoms with E-state index in [4.69, 9.17) is 0 Å². The lowest BCUT2D eigenvalue weighted by atomic mass is 9.87. The van der Waals surface area contributed by atoms with Crippen LogP contribution < -0.4 is 0 Å². The van der Waals surface area contributed by atoms with Crippen LogP contribution in [0.5, 0.6) is 0 Å². The molecule has 0 aliphatic carbocycles. The van der Waals surface area contributed by atoms with Gasteiger partial charge in [0.15, 0.2) is 0 Å². The highest BCUT2D eigenvalue weighted by atomic mass is 19.3. The van der Waals surface area contributed by atoms with Crippen molar-refractivity contribution in [2.75, 3.05) is 13.1 Å². The SMILES string of the molecule is CC.CC[C@@]12CC(C(F)F)CN1C[C@H](F)C2. The van der Waals surface area contributed by atoms with Crippen LogP contribution in [0.15, 0.2) is 0 Å². The minimum Gasteiger partial charge on any atom is -0.294 e. The van der Waals surface area contributed by atoms with Crippen molar-refractivity contribution in [3.63, 3.8) is 0 Å². The van der Waals surface area contributed by atoms with Gasteiger partial charge >= 0.3 is 0 Å². The Kier molecular flexibility index (Phi) is 4.65. The highest BCUT2D eigenvalue weighted by Gasteiger charge is 2.52. The van der Waals surface area contributed by atoms with Gasteiger partial charge in [0.05, 0.1) is 0 Å². The van der Waals surface area contributed by atoms with E-state index in [0.29, 0.717) is 25.9 Å². The van der Waals surface area contributed by atoms with Crippen LogP contribution in [0.25, 0.3) is 0 Å². The Bertz CT molecular complexity index is 222. The Morgan fingerprint density at radius 2 is 1.88 bits per heavy atom. The molecule has 2 fully saturated rings. The number of hydrogen-bond donors (Lipinski definition) is 0. The summed E-state index contributed by atoms with van der Waals surface area (Å²) in [6, 6.07) is 0. The summed E-state index contributed by atoms with van der Waals surface area (Å²) in [5.41, 5.74) is -0.249. The summed E-state index contributed by atoms with van der Waals surface area (Å²) in [6.45, 7) is 6.71. The third kappa shape index (κ3) is 2.36. The van der Waals surface area contributed by atoms with E-state index < -0.39 is 18.5 Å². The lowest BCUT2D eigenvalue weighted by Gasteiger charge is -2.29. The van der Waals surface area contributed by atoms with Crippen molar-refractivity contribution < 1.29 is 13.2 Å². The molecule has 4 heteroatoms. The van der Waals surface area contributed by atoms with Crippen molar-refractivity contribution in [1.29, 1.82) is 0 Å². The molecule has 2 saturated heterocycles. The van der Waals surface area contributed by atoms with E-state index in [1.165, 1.54) is 0 Å². The second kappa shape index (κ2) is 5.39. The van der Waals surface area contributed by atoms with E-state index in [9.17, 15) is 13.2 Å². The monoisotopic (exact) mass is 237 g/mol. The van der Waals surface area contributed by atoms with Crippen LogP contribution in [0, 0.1) is 5.92 Å². The molecule has 0 radical (unpaired) electrons. The minimum atomic E-state index is -2.25. The maximum Gasteiger partial charge on any atom is 0.242 e. The van der Waals surface area contributed by atoms with Crippen LogP contribution in [0.2, 0.25) is 0 Å². The second-order valence-corrected chi connectivity index (χ2v) is 4.58. The molecule has 0 aromatic heterocycles. The van der Waals surface area contributed by atoms with Gasteiger partial charge in [-0.2, -0.15) is 0 Å². The standard InChI is InChI=1S/C10H16F3N.C2H6/c1-2-10-3-7(9(12)13)5-14(10)6-8(11)4-10;1-2/h7-9H,2-6H2,1H3;1-2H3/t7?,8-,10+;/m1./s1. The summed E-state index contributed by atoms with van der Waals surface area (Å²) < 4.78 is 38.2. The number of fused-ring (bicyclic) bond motifs is 1. The Labute approximate surface area is 96.0 Å². The first-order valence-electron chi connectivity index (χ1n) is 6.24. The first-order valence-corrected chi connectivity index (χ1v) is 6.24. The topological polar surface area (TPSA) is 3.24 Å². The zero-order valence-electron chi connectivity index (χ0n) is 10.3. The number of halogens is 3. The van der Waals surface area contributed by atoms with Gasteiger partial charge < -0.3 is 0 Å². The van der Waals surface area contributed by atoms with Crippen LogP contribution in [0.1, 0.15) is 40.0 Å². The Morgan fingerprint density at radius 1 is 1.25 bits per heavy atom. The van der Waals surface area contributed by atoms with E-state index in [0.717, 1.165) is 6.42 Å². The molecule has 0 amide bonds. The molecular weight excluding hydrogens is 215 g/mol. The van der Waals surface area contributed by atoms with Crippen molar-refractivity contribution in [3.05, 3.63) is 0 Å². The minimum absolute atomic E-state index is 0.249. The van der Waals surface area contributed by atoms with Crippen molar-refractivity contribution in [3.8, 4) is 0 Å². The van der Waals surface area contributed by atoms with E-state index >= 15 is 0 Å². The van der Waals surface area contributed by atoms with Gasteiger partial charge in [0.1, 0.15) is 6.17 Å². The van der Waals surface area contributed by atoms with Gasteiger partial charge in [0.2, 0.25) is 6.43 Å². The summed E-state index contributed by atoms with van der Waals surface area (Å²) >= 11 is 0. The molecule has 0 aromatic carbocycles. The Balaban J connectivity index is 0.000000606. The quantitative estimate of drug-likeness (QED) is 0.710. The molecule has 0 spiro atoms. The number of hydrogen-bond acceptors (Lipinski definition) is 1. The van der Waals surface area contributed by atoms with Crippen LogP contribution in [0.3, 0.4) is 0 Å². The second-order valence-electron chi connectivity index (χ2n) is 4.58. The summed E-state index contributed by atoms with van der Waals surface area (Å²) in [4.78, 5) is 1.94. The molecule has 2 aliphatic rings. The van der Waals surface area contributed by atoms with Gasteiger partial charge in [-0.15, -0.1) is 0 Å². The molecule has 2 rings (SSSR count). The Hall–Kier alpha value is -0.250. The van der Waals surface area contributed by atoms with E-state index in [2.05, 4.69) is 0 Å². The molecule has 0 saturated carbocycles. The van der Waals surface area contributed by atoms with Crippen molar-refractivity contribution >= 4 is 0 Å². The molecule has 2 heterocycles. The Morgan fingerprint density at radius 3 is 2.31 bits per heavy atom. The smallest absolute Gasteiger partial charge is 0.242 e. The van der Waals surface area contributed by atoms with Crippen molar-refractivity contribution in [2.24, 2.45) is 5.92 Å². The third-order valence-electron chi connectivity index (χ3n) is 3.80. The first kappa shape index (κ1) is 13.8. The van der Waals surface area contributed by atoms with E-state index in [-0.39, 0.29) is 5.54 Å². The lowest BCUT2D eigenvalue weighted by molar-refractivity contribution is 0.0780. The maximum atomic E-state index is 13.2. The zero-order valence-corrected chi connectivity index (χ0v) is 10.3. The van der Waals surface area contributed by atoms with E-state index in [1.54, 1.807) is 0 Å². The molecule has 0 aromatic rings. The van der Waals surface area contributed by atoms with Gasteiger partial charge in [0.25, 0.3) is 0 Å². The number of nitrogens with zero attached hydrogens (tertiary/aromatic N) is 1. The number of rotatable bonds is 2.